The van der Waals surface area contributed by atoms with Crippen molar-refractivity contribution in [2.24, 2.45) is 5.92 Å². The van der Waals surface area contributed by atoms with Crippen LogP contribution >= 0.6 is 11.6 Å². The maximum Gasteiger partial charge on any atom is 0.410 e. The number of aliphatic hydroxyl groups is 1. The summed E-state index contributed by atoms with van der Waals surface area (Å²) in [6.07, 6.45) is -0.0284. The molecule has 0 saturated carbocycles. The van der Waals surface area contributed by atoms with Gasteiger partial charge in [-0.15, -0.1) is 0 Å². The molecule has 3 aromatic rings. The van der Waals surface area contributed by atoms with Crippen molar-refractivity contribution >= 4 is 41.4 Å². The smallest absolute Gasteiger partial charge is 0.410 e. The van der Waals surface area contributed by atoms with Crippen LogP contribution in [0.25, 0.3) is 11.1 Å². The number of likely N-dealkylation sites (N-methyl/N-ethyl adjacent to an activating group) is 1. The first-order valence-electron chi connectivity index (χ1n) is 20.7. The van der Waals surface area contributed by atoms with Gasteiger partial charge in [0.05, 0.1) is 25.3 Å². The summed E-state index contributed by atoms with van der Waals surface area (Å²) in [4.78, 5) is 57.5. The van der Waals surface area contributed by atoms with E-state index < -0.39 is 71.8 Å². The molecule has 3 aromatic carbocycles. The van der Waals surface area contributed by atoms with Crippen LogP contribution in [0.3, 0.4) is 0 Å². The molecule has 62 heavy (non-hydrogen) atoms. The highest BCUT2D eigenvalue weighted by Crippen LogP contribution is 2.49. The Balaban J connectivity index is 1.15. The predicted molar refractivity (Wildman–Crippen MR) is 231 cm³/mol. The molecule has 1 unspecified atom stereocenters. The largest absolute Gasteiger partial charge is 0.495 e. The lowest BCUT2D eigenvalue weighted by atomic mass is 9.83. The van der Waals surface area contributed by atoms with E-state index in [-0.39, 0.29) is 30.4 Å². The molecule has 4 aliphatic rings. The van der Waals surface area contributed by atoms with Gasteiger partial charge >= 0.3 is 18.2 Å². The van der Waals surface area contributed by atoms with Gasteiger partial charge in [0.25, 0.3) is 0 Å². The number of hydrogen-bond donors (Lipinski definition) is 2. The fraction of sp³-hybridized carbons (Fsp3) is 0.447. The first kappa shape index (κ1) is 44.6. The van der Waals surface area contributed by atoms with Crippen LogP contribution < -0.4 is 15.0 Å². The molecular formula is C47H54ClN3O11. The Morgan fingerprint density at radius 2 is 1.74 bits per heavy atom. The Morgan fingerprint density at radius 3 is 2.39 bits per heavy atom. The third-order valence-corrected chi connectivity index (χ3v) is 13.1. The predicted octanol–water partition coefficient (Wildman–Crippen LogP) is 6.94. The zero-order chi connectivity index (χ0) is 44.7. The lowest BCUT2D eigenvalue weighted by molar-refractivity contribution is -0.158. The second-order valence-corrected chi connectivity index (χ2v) is 17.2. The van der Waals surface area contributed by atoms with Gasteiger partial charge in [-0.05, 0) is 67.1 Å². The van der Waals surface area contributed by atoms with Crippen molar-refractivity contribution in [2.75, 3.05) is 39.8 Å². The fourth-order valence-corrected chi connectivity index (χ4v) is 9.17. The van der Waals surface area contributed by atoms with E-state index in [1.807, 2.05) is 61.5 Å². The lowest BCUT2D eigenvalue weighted by Crippen LogP contribution is -2.63. The summed E-state index contributed by atoms with van der Waals surface area (Å²) >= 11 is 6.81. The quantitative estimate of drug-likeness (QED) is 0.144. The Morgan fingerprint density at radius 1 is 1.08 bits per heavy atom. The van der Waals surface area contributed by atoms with Crippen molar-refractivity contribution in [3.63, 3.8) is 0 Å². The number of nitrogens with zero attached hydrogens (tertiary/aromatic N) is 2. The SMILES string of the molecule is COc1cc2cc(c1Cl)N(C)C(=O)C[C@H](OC(=O)[C@H](C)N(C)C(=O)OCC1c3ccccc3-c3ccccc31)[C@]1(C)OC1[C@H](C)[C@@H]1C[C@@](O)(NC(=O)O1)[C@H](OC)C=CC=C(C)C2. The van der Waals surface area contributed by atoms with E-state index in [0.29, 0.717) is 17.9 Å². The molecule has 2 N–H and O–H groups in total. The molecule has 7 rings (SSSR count). The number of esters is 1. The Labute approximate surface area is 366 Å². The summed E-state index contributed by atoms with van der Waals surface area (Å²) in [5, 5.41) is 14.6. The number of halogens is 1. The summed E-state index contributed by atoms with van der Waals surface area (Å²) < 4.78 is 35.3. The van der Waals surface area contributed by atoms with Crippen LogP contribution in [0.4, 0.5) is 15.3 Å². The summed E-state index contributed by atoms with van der Waals surface area (Å²) in [7, 11) is 5.94. The summed E-state index contributed by atoms with van der Waals surface area (Å²) in [6.45, 7) is 6.99. The van der Waals surface area contributed by atoms with Crippen LogP contribution in [-0.2, 0) is 39.7 Å². The summed E-state index contributed by atoms with van der Waals surface area (Å²) in [5.74, 6) is -1.65. The molecule has 2 saturated heterocycles. The molecular weight excluding hydrogens is 818 g/mol. The normalized spacial score (nSPS) is 27.7. The number of alkyl carbamates (subject to hydrolysis) is 1. The van der Waals surface area contributed by atoms with Crippen LogP contribution in [-0.4, -0.2) is 111 Å². The molecule has 14 nitrogen and oxygen atoms in total. The van der Waals surface area contributed by atoms with E-state index in [4.69, 9.17) is 40.0 Å². The minimum atomic E-state index is -1.85. The van der Waals surface area contributed by atoms with Gasteiger partial charge in [0, 0.05) is 39.5 Å². The van der Waals surface area contributed by atoms with Gasteiger partial charge in [0.2, 0.25) is 5.91 Å². The van der Waals surface area contributed by atoms with E-state index in [1.165, 1.54) is 33.1 Å². The minimum Gasteiger partial charge on any atom is -0.495 e. The number of carbonyl (C=O) groups excluding carboxylic acids is 4. The number of carbonyl (C=O) groups is 4. The lowest BCUT2D eigenvalue weighted by Gasteiger charge is -2.42. The van der Waals surface area contributed by atoms with Crippen molar-refractivity contribution in [3.05, 3.63) is 106 Å². The van der Waals surface area contributed by atoms with Gasteiger partial charge < -0.3 is 38.4 Å². The third kappa shape index (κ3) is 8.65. The summed E-state index contributed by atoms with van der Waals surface area (Å²) in [6, 6.07) is 18.4. The molecule has 2 fully saturated rings. The number of nitrogens with one attached hydrogen (secondary N) is 1. The van der Waals surface area contributed by atoms with Gasteiger partial charge in [-0.1, -0.05) is 90.9 Å². The average molecular weight is 872 g/mol. The van der Waals surface area contributed by atoms with Gasteiger partial charge in [0.15, 0.2) is 5.72 Å². The minimum absolute atomic E-state index is 0.0517. The number of anilines is 1. The molecule has 1 aliphatic carbocycles. The van der Waals surface area contributed by atoms with Crippen LogP contribution in [0.5, 0.6) is 5.75 Å². The highest BCUT2D eigenvalue weighted by Gasteiger charge is 2.64. The van der Waals surface area contributed by atoms with E-state index in [2.05, 4.69) is 5.32 Å². The first-order chi connectivity index (χ1) is 29.5. The second-order valence-electron chi connectivity index (χ2n) is 16.8. The van der Waals surface area contributed by atoms with Gasteiger partial charge in [-0.2, -0.15) is 0 Å². The molecule has 8 atom stereocenters. The Kier molecular flexibility index (Phi) is 12.8. The number of ether oxygens (including phenoxy) is 6. The maximum atomic E-state index is 14.3. The monoisotopic (exact) mass is 871 g/mol. The van der Waals surface area contributed by atoms with Gasteiger partial charge in [0.1, 0.15) is 47.3 Å². The number of fused-ring (bicyclic) bond motifs is 8. The molecule has 15 heteroatoms. The van der Waals surface area contributed by atoms with Crippen LogP contribution in [0.1, 0.15) is 63.1 Å². The zero-order valence-corrected chi connectivity index (χ0v) is 36.9. The van der Waals surface area contributed by atoms with Crippen LogP contribution in [0, 0.1) is 5.92 Å². The molecule has 330 valence electrons. The maximum absolute atomic E-state index is 14.3. The average Bonchev–Trinajstić information content (AvgIpc) is 3.85. The third-order valence-electron chi connectivity index (χ3n) is 12.8. The first-order valence-corrected chi connectivity index (χ1v) is 21.0. The number of rotatable bonds is 7. The van der Waals surface area contributed by atoms with Crippen molar-refractivity contribution in [2.45, 2.75) is 94.7 Å². The van der Waals surface area contributed by atoms with E-state index in [9.17, 15) is 24.3 Å². The van der Waals surface area contributed by atoms with Crippen molar-refractivity contribution in [1.82, 2.24) is 10.2 Å². The molecule has 3 aliphatic heterocycles. The highest BCUT2D eigenvalue weighted by molar-refractivity contribution is 6.35. The molecule has 4 bridgehead atoms. The molecule has 3 amide bonds. The molecule has 0 spiro atoms. The number of epoxide rings is 1. The number of hydrogen-bond acceptors (Lipinski definition) is 11. The molecule has 0 radical (unpaired) electrons. The van der Waals surface area contributed by atoms with Gasteiger partial charge in [-0.3, -0.25) is 15.0 Å². The van der Waals surface area contributed by atoms with Gasteiger partial charge in [-0.25, -0.2) is 14.4 Å². The molecule has 3 heterocycles. The second kappa shape index (κ2) is 17.8. The van der Waals surface area contributed by atoms with Crippen molar-refractivity contribution in [1.29, 1.82) is 0 Å². The standard InChI is InChI=1S/C47H54ClN3O11/c1-26-14-13-19-38(58-8)47(56)24-37(60-44(54)49-47)27(2)42-46(4,62-42)39(23-40(52)51(6)35-21-29(20-26)22-36(57-7)41(35)48)61-43(53)28(3)50(5)45(55)59-25-34-32-17-11-9-15-30(32)31-16-10-12-18-33(31)34/h9-19,21-22,27-28,34,37-39,42,56H,20,23-25H2,1-8H3,(H,49,54)/t27-,28+,37+,38-,39+,42?,46+,47+/m1/s1. The fourth-order valence-electron chi connectivity index (χ4n) is 8.86. The highest BCUT2D eigenvalue weighted by atomic mass is 35.5. The number of methoxy groups -OCH3 is 2. The van der Waals surface area contributed by atoms with E-state index >= 15 is 0 Å². The molecule has 0 aromatic heterocycles. The Hall–Kier alpha value is -5.41. The van der Waals surface area contributed by atoms with Crippen molar-refractivity contribution in [3.8, 4) is 16.9 Å². The van der Waals surface area contributed by atoms with Crippen LogP contribution in [0.2, 0.25) is 5.02 Å². The van der Waals surface area contributed by atoms with E-state index in [1.54, 1.807) is 45.2 Å². The topological polar surface area (TPSA) is 166 Å². The Bertz CT molecular complexity index is 2250. The van der Waals surface area contributed by atoms with E-state index in [0.717, 1.165) is 38.3 Å². The number of amides is 3. The van der Waals surface area contributed by atoms with Crippen LogP contribution in [0.15, 0.2) is 84.5 Å². The number of allylic oxidation sites excluding steroid dienone is 3. The van der Waals surface area contributed by atoms with Crippen molar-refractivity contribution < 1.29 is 52.7 Å². The zero-order valence-electron chi connectivity index (χ0n) is 36.2. The summed E-state index contributed by atoms with van der Waals surface area (Å²) in [5.41, 5.74) is 3.23. The number of benzene rings is 3.